The number of carbonyl (C=O) groups excluding carboxylic acids is 1. The quantitative estimate of drug-likeness (QED) is 0.723. The standard InChI is InChI=1S/C14H11F2N5O2/c1-7-6-9(11(15)16)21-14(17-7)19-12(20-21)13(23)18-8-4-2-3-5-10(8)22/h2-6,11,22H,1H3,(H,18,23). The Hall–Kier alpha value is -3.10. The van der Waals surface area contributed by atoms with Crippen LogP contribution in [0.5, 0.6) is 5.75 Å². The lowest BCUT2D eigenvalue weighted by Crippen LogP contribution is -2.14. The molecule has 0 saturated carbocycles. The Morgan fingerprint density at radius 1 is 1.30 bits per heavy atom. The fourth-order valence-corrected chi connectivity index (χ4v) is 2.02. The summed E-state index contributed by atoms with van der Waals surface area (Å²) in [5.74, 6) is -1.29. The molecule has 7 nitrogen and oxygen atoms in total. The van der Waals surface area contributed by atoms with Gasteiger partial charge in [0.25, 0.3) is 18.1 Å². The Kier molecular flexibility index (Phi) is 3.61. The maximum absolute atomic E-state index is 13.0. The highest BCUT2D eigenvalue weighted by molar-refractivity contribution is 6.02. The van der Waals surface area contributed by atoms with E-state index in [0.29, 0.717) is 5.69 Å². The van der Waals surface area contributed by atoms with Crippen molar-refractivity contribution in [3.63, 3.8) is 0 Å². The first-order chi connectivity index (χ1) is 11.0. The zero-order valence-corrected chi connectivity index (χ0v) is 11.9. The molecular weight excluding hydrogens is 308 g/mol. The largest absolute Gasteiger partial charge is 0.506 e. The van der Waals surface area contributed by atoms with Gasteiger partial charge in [-0.05, 0) is 25.1 Å². The number of aromatic hydroxyl groups is 1. The number of aromatic nitrogens is 4. The summed E-state index contributed by atoms with van der Waals surface area (Å²) < 4.78 is 26.9. The first-order valence-corrected chi connectivity index (χ1v) is 6.57. The molecule has 1 aromatic carbocycles. The fraction of sp³-hybridized carbons (Fsp3) is 0.143. The number of alkyl halides is 2. The molecular formula is C14H11F2N5O2. The molecule has 0 bridgehead atoms. The smallest absolute Gasteiger partial charge is 0.295 e. The highest BCUT2D eigenvalue weighted by atomic mass is 19.3. The zero-order valence-electron chi connectivity index (χ0n) is 11.9. The second kappa shape index (κ2) is 5.59. The summed E-state index contributed by atoms with van der Waals surface area (Å²) in [6, 6.07) is 7.27. The van der Waals surface area contributed by atoms with E-state index in [0.717, 1.165) is 4.52 Å². The zero-order chi connectivity index (χ0) is 16.6. The van der Waals surface area contributed by atoms with E-state index in [1.807, 2.05) is 0 Å². The predicted molar refractivity (Wildman–Crippen MR) is 76.5 cm³/mol. The van der Waals surface area contributed by atoms with Crippen LogP contribution < -0.4 is 5.32 Å². The summed E-state index contributed by atoms with van der Waals surface area (Å²) in [5.41, 5.74) is 0.101. The molecule has 9 heteroatoms. The van der Waals surface area contributed by atoms with E-state index in [9.17, 15) is 18.7 Å². The Bertz CT molecular complexity index is 894. The minimum Gasteiger partial charge on any atom is -0.506 e. The number of amides is 1. The molecule has 2 N–H and O–H groups in total. The van der Waals surface area contributed by atoms with Crippen molar-refractivity contribution < 1.29 is 18.7 Å². The van der Waals surface area contributed by atoms with Crippen LogP contribution in [0.15, 0.2) is 30.3 Å². The molecule has 2 aromatic heterocycles. The number of hydrogen-bond acceptors (Lipinski definition) is 5. The molecule has 23 heavy (non-hydrogen) atoms. The normalized spacial score (nSPS) is 11.1. The number of phenols is 1. The van der Waals surface area contributed by atoms with E-state index >= 15 is 0 Å². The summed E-state index contributed by atoms with van der Waals surface area (Å²) in [6.07, 6.45) is -2.78. The van der Waals surface area contributed by atoms with Crippen LogP contribution in [0.25, 0.3) is 5.78 Å². The molecule has 0 atom stereocenters. The van der Waals surface area contributed by atoms with E-state index in [4.69, 9.17) is 0 Å². The SMILES string of the molecule is Cc1cc(C(F)F)n2nc(C(=O)Nc3ccccc3O)nc2n1. The van der Waals surface area contributed by atoms with Gasteiger partial charge < -0.3 is 10.4 Å². The van der Waals surface area contributed by atoms with Crippen molar-refractivity contribution in [3.8, 4) is 5.75 Å². The minimum absolute atomic E-state index is 0.0947. The highest BCUT2D eigenvalue weighted by Crippen LogP contribution is 2.22. The highest BCUT2D eigenvalue weighted by Gasteiger charge is 2.20. The van der Waals surface area contributed by atoms with Gasteiger partial charge in [-0.3, -0.25) is 4.79 Å². The molecule has 0 aliphatic rings. The number of aryl methyl sites for hydroxylation is 1. The fourth-order valence-electron chi connectivity index (χ4n) is 2.02. The molecule has 3 aromatic rings. The Labute approximate surface area is 128 Å². The Morgan fingerprint density at radius 3 is 2.74 bits per heavy atom. The summed E-state index contributed by atoms with van der Waals surface area (Å²) in [6.45, 7) is 1.54. The first-order valence-electron chi connectivity index (χ1n) is 6.57. The van der Waals surface area contributed by atoms with Crippen molar-refractivity contribution >= 4 is 17.4 Å². The molecule has 0 radical (unpaired) electrons. The average molecular weight is 319 g/mol. The third-order valence-corrected chi connectivity index (χ3v) is 3.05. The lowest BCUT2D eigenvalue weighted by atomic mass is 10.3. The summed E-state index contributed by atoms with van der Waals surface area (Å²) in [7, 11) is 0. The van der Waals surface area contributed by atoms with Crippen molar-refractivity contribution in [2.45, 2.75) is 13.3 Å². The predicted octanol–water partition coefficient (Wildman–Crippen LogP) is 2.33. The van der Waals surface area contributed by atoms with Crippen LogP contribution in [0.1, 0.15) is 28.4 Å². The number of phenolic OH excluding ortho intramolecular Hbond substituents is 1. The van der Waals surface area contributed by atoms with Crippen LogP contribution in [0.2, 0.25) is 0 Å². The summed E-state index contributed by atoms with van der Waals surface area (Å²) in [5, 5.41) is 15.8. The van der Waals surface area contributed by atoms with E-state index in [-0.39, 0.29) is 23.0 Å². The second-order valence-electron chi connectivity index (χ2n) is 4.74. The van der Waals surface area contributed by atoms with Crippen LogP contribution in [-0.2, 0) is 0 Å². The first kappa shape index (κ1) is 14.8. The van der Waals surface area contributed by atoms with Crippen molar-refractivity contribution in [1.82, 2.24) is 19.6 Å². The van der Waals surface area contributed by atoms with Gasteiger partial charge in [0.05, 0.1) is 5.69 Å². The van der Waals surface area contributed by atoms with Gasteiger partial charge in [0, 0.05) is 5.69 Å². The third kappa shape index (κ3) is 2.80. The molecule has 2 heterocycles. The Morgan fingerprint density at radius 2 is 2.04 bits per heavy atom. The lowest BCUT2D eigenvalue weighted by molar-refractivity contribution is 0.101. The van der Waals surface area contributed by atoms with Crippen molar-refractivity contribution in [2.24, 2.45) is 0 Å². The van der Waals surface area contributed by atoms with Gasteiger partial charge in [-0.1, -0.05) is 12.1 Å². The molecule has 118 valence electrons. The number of carbonyl (C=O) groups is 1. The van der Waals surface area contributed by atoms with Gasteiger partial charge in [0.1, 0.15) is 11.4 Å². The van der Waals surface area contributed by atoms with E-state index in [1.54, 1.807) is 19.1 Å². The topological polar surface area (TPSA) is 92.4 Å². The Balaban J connectivity index is 1.99. The van der Waals surface area contributed by atoms with E-state index < -0.39 is 18.0 Å². The van der Waals surface area contributed by atoms with Crippen LogP contribution in [0.4, 0.5) is 14.5 Å². The lowest BCUT2D eigenvalue weighted by Gasteiger charge is -2.04. The second-order valence-corrected chi connectivity index (χ2v) is 4.74. The maximum atomic E-state index is 13.0. The molecule has 1 amide bonds. The number of fused-ring (bicyclic) bond motifs is 1. The van der Waals surface area contributed by atoms with Gasteiger partial charge in [0.15, 0.2) is 0 Å². The van der Waals surface area contributed by atoms with Crippen molar-refractivity contribution in [2.75, 3.05) is 5.32 Å². The van der Waals surface area contributed by atoms with E-state index in [2.05, 4.69) is 20.4 Å². The number of halogens is 2. The van der Waals surface area contributed by atoms with Crippen LogP contribution in [0.3, 0.4) is 0 Å². The van der Waals surface area contributed by atoms with E-state index in [1.165, 1.54) is 18.2 Å². The molecule has 0 fully saturated rings. The average Bonchev–Trinajstić information content (AvgIpc) is 2.92. The number of benzene rings is 1. The van der Waals surface area contributed by atoms with Crippen LogP contribution >= 0.6 is 0 Å². The molecule has 0 saturated heterocycles. The van der Waals surface area contributed by atoms with Crippen molar-refractivity contribution in [1.29, 1.82) is 0 Å². The molecule has 0 aliphatic carbocycles. The maximum Gasteiger partial charge on any atom is 0.295 e. The number of nitrogens with one attached hydrogen (secondary N) is 1. The van der Waals surface area contributed by atoms with Gasteiger partial charge in [-0.2, -0.15) is 9.50 Å². The van der Waals surface area contributed by atoms with Gasteiger partial charge in [-0.25, -0.2) is 13.8 Å². The number of anilines is 1. The molecule has 0 spiro atoms. The number of nitrogens with zero attached hydrogens (tertiary/aromatic N) is 4. The van der Waals surface area contributed by atoms with Gasteiger partial charge in [-0.15, -0.1) is 5.10 Å². The molecule has 0 aliphatic heterocycles. The number of rotatable bonds is 3. The monoisotopic (exact) mass is 319 g/mol. The van der Waals surface area contributed by atoms with Gasteiger partial charge >= 0.3 is 0 Å². The molecule has 3 rings (SSSR count). The minimum atomic E-state index is -2.78. The van der Waals surface area contributed by atoms with Crippen LogP contribution in [-0.4, -0.2) is 30.6 Å². The molecule has 0 unspecified atom stereocenters. The number of hydrogen-bond donors (Lipinski definition) is 2. The third-order valence-electron chi connectivity index (χ3n) is 3.05. The van der Waals surface area contributed by atoms with Crippen LogP contribution in [0, 0.1) is 6.92 Å². The summed E-state index contributed by atoms with van der Waals surface area (Å²) >= 11 is 0. The summed E-state index contributed by atoms with van der Waals surface area (Å²) in [4.78, 5) is 20.0. The number of para-hydroxylation sites is 2. The van der Waals surface area contributed by atoms with Crippen molar-refractivity contribution in [3.05, 3.63) is 47.5 Å². The van der Waals surface area contributed by atoms with Gasteiger partial charge in [0.2, 0.25) is 5.82 Å².